The summed E-state index contributed by atoms with van der Waals surface area (Å²) < 4.78 is 5.43. The summed E-state index contributed by atoms with van der Waals surface area (Å²) in [5.74, 6) is 1.69. The minimum absolute atomic E-state index is 0.400. The van der Waals surface area contributed by atoms with Crippen molar-refractivity contribution in [1.29, 1.82) is 0 Å². The Bertz CT molecular complexity index is 632. The SMILES string of the molecule is COc1ccccc1CN1CCC(Nc2nccc(C)n2)C1. The monoisotopic (exact) mass is 298 g/mol. The van der Waals surface area contributed by atoms with Gasteiger partial charge in [-0.05, 0) is 25.5 Å². The Labute approximate surface area is 131 Å². The molecule has 1 saturated heterocycles. The molecule has 1 atom stereocenters. The van der Waals surface area contributed by atoms with Crippen LogP contribution in [0.15, 0.2) is 36.5 Å². The van der Waals surface area contributed by atoms with Crippen molar-refractivity contribution in [3.05, 3.63) is 47.8 Å². The molecule has 0 bridgehead atoms. The number of likely N-dealkylation sites (tertiary alicyclic amines) is 1. The van der Waals surface area contributed by atoms with Gasteiger partial charge in [-0.2, -0.15) is 0 Å². The second-order valence-corrected chi connectivity index (χ2v) is 5.70. The van der Waals surface area contributed by atoms with E-state index in [2.05, 4.69) is 32.3 Å². The lowest BCUT2D eigenvalue weighted by Crippen LogP contribution is -2.26. The Balaban J connectivity index is 1.58. The number of anilines is 1. The van der Waals surface area contributed by atoms with Crippen LogP contribution in [0.5, 0.6) is 5.75 Å². The van der Waals surface area contributed by atoms with E-state index in [-0.39, 0.29) is 0 Å². The highest BCUT2D eigenvalue weighted by atomic mass is 16.5. The van der Waals surface area contributed by atoms with Crippen LogP contribution >= 0.6 is 0 Å². The normalized spacial score (nSPS) is 18.4. The first-order valence-electron chi connectivity index (χ1n) is 7.65. The topological polar surface area (TPSA) is 50.3 Å². The number of aromatic nitrogens is 2. The van der Waals surface area contributed by atoms with Gasteiger partial charge in [0.1, 0.15) is 5.75 Å². The summed E-state index contributed by atoms with van der Waals surface area (Å²) in [6.07, 6.45) is 2.90. The average molecular weight is 298 g/mol. The number of aryl methyl sites for hydroxylation is 1. The van der Waals surface area contributed by atoms with Crippen LogP contribution in [0.25, 0.3) is 0 Å². The van der Waals surface area contributed by atoms with Gasteiger partial charge in [0.15, 0.2) is 0 Å². The first kappa shape index (κ1) is 14.8. The van der Waals surface area contributed by atoms with Gasteiger partial charge in [-0.3, -0.25) is 4.90 Å². The van der Waals surface area contributed by atoms with Crippen LogP contribution in [0.2, 0.25) is 0 Å². The third-order valence-electron chi connectivity index (χ3n) is 3.99. The summed E-state index contributed by atoms with van der Waals surface area (Å²) in [7, 11) is 1.72. The van der Waals surface area contributed by atoms with Crippen molar-refractivity contribution in [3.8, 4) is 5.75 Å². The molecule has 1 aromatic heterocycles. The Morgan fingerprint density at radius 1 is 1.32 bits per heavy atom. The molecule has 1 aromatic carbocycles. The molecule has 1 unspecified atom stereocenters. The van der Waals surface area contributed by atoms with E-state index >= 15 is 0 Å². The second-order valence-electron chi connectivity index (χ2n) is 5.70. The molecule has 0 radical (unpaired) electrons. The molecule has 1 aliphatic heterocycles. The van der Waals surface area contributed by atoms with Crippen LogP contribution in [-0.4, -0.2) is 41.1 Å². The van der Waals surface area contributed by atoms with Crippen molar-refractivity contribution in [1.82, 2.24) is 14.9 Å². The number of methoxy groups -OCH3 is 1. The molecule has 116 valence electrons. The van der Waals surface area contributed by atoms with Crippen LogP contribution in [0.1, 0.15) is 17.7 Å². The molecular formula is C17H22N4O. The average Bonchev–Trinajstić information content (AvgIpc) is 2.95. The van der Waals surface area contributed by atoms with E-state index in [1.165, 1.54) is 5.56 Å². The van der Waals surface area contributed by atoms with Crippen molar-refractivity contribution >= 4 is 5.95 Å². The molecule has 22 heavy (non-hydrogen) atoms. The fourth-order valence-electron chi connectivity index (χ4n) is 2.87. The summed E-state index contributed by atoms with van der Waals surface area (Å²) in [6.45, 7) is 4.96. The summed E-state index contributed by atoms with van der Waals surface area (Å²) in [5.41, 5.74) is 2.22. The lowest BCUT2D eigenvalue weighted by atomic mass is 10.2. The highest BCUT2D eigenvalue weighted by molar-refractivity contribution is 5.33. The Morgan fingerprint density at radius 2 is 2.18 bits per heavy atom. The van der Waals surface area contributed by atoms with Crippen molar-refractivity contribution in [2.45, 2.75) is 25.9 Å². The number of benzene rings is 1. The Hall–Kier alpha value is -2.14. The minimum atomic E-state index is 0.400. The number of hydrogen-bond acceptors (Lipinski definition) is 5. The maximum atomic E-state index is 5.43. The van der Waals surface area contributed by atoms with Gasteiger partial charge in [-0.1, -0.05) is 18.2 Å². The van der Waals surface area contributed by atoms with Crippen LogP contribution in [0.4, 0.5) is 5.95 Å². The summed E-state index contributed by atoms with van der Waals surface area (Å²) in [5, 5.41) is 3.43. The zero-order chi connectivity index (χ0) is 15.4. The molecule has 2 heterocycles. The van der Waals surface area contributed by atoms with E-state index in [0.29, 0.717) is 6.04 Å². The molecule has 1 N–H and O–H groups in total. The van der Waals surface area contributed by atoms with Gasteiger partial charge in [-0.15, -0.1) is 0 Å². The van der Waals surface area contributed by atoms with E-state index in [9.17, 15) is 0 Å². The number of ether oxygens (including phenoxy) is 1. The molecule has 0 saturated carbocycles. The standard InChI is InChI=1S/C17H22N4O/c1-13-7-9-18-17(19-13)20-15-8-10-21(12-15)11-14-5-3-4-6-16(14)22-2/h3-7,9,15H,8,10-12H2,1-2H3,(H,18,19,20). The van der Waals surface area contributed by atoms with Gasteiger partial charge in [0.25, 0.3) is 0 Å². The molecule has 0 spiro atoms. The first-order valence-corrected chi connectivity index (χ1v) is 7.65. The maximum Gasteiger partial charge on any atom is 0.223 e. The number of nitrogens with one attached hydrogen (secondary N) is 1. The van der Waals surface area contributed by atoms with Gasteiger partial charge < -0.3 is 10.1 Å². The van der Waals surface area contributed by atoms with Gasteiger partial charge in [0, 0.05) is 43.1 Å². The van der Waals surface area contributed by atoms with Gasteiger partial charge in [0.05, 0.1) is 7.11 Å². The van der Waals surface area contributed by atoms with Crippen LogP contribution < -0.4 is 10.1 Å². The number of para-hydroxylation sites is 1. The lowest BCUT2D eigenvalue weighted by Gasteiger charge is -2.18. The lowest BCUT2D eigenvalue weighted by molar-refractivity contribution is 0.318. The smallest absolute Gasteiger partial charge is 0.223 e. The van der Waals surface area contributed by atoms with Gasteiger partial charge in [-0.25, -0.2) is 9.97 Å². The van der Waals surface area contributed by atoms with E-state index in [0.717, 1.165) is 43.4 Å². The molecule has 0 aliphatic carbocycles. The fourth-order valence-corrected chi connectivity index (χ4v) is 2.87. The zero-order valence-corrected chi connectivity index (χ0v) is 13.1. The van der Waals surface area contributed by atoms with Crippen LogP contribution in [0, 0.1) is 6.92 Å². The maximum absolute atomic E-state index is 5.43. The van der Waals surface area contributed by atoms with Crippen molar-refractivity contribution in [3.63, 3.8) is 0 Å². The van der Waals surface area contributed by atoms with Crippen LogP contribution in [-0.2, 0) is 6.54 Å². The van der Waals surface area contributed by atoms with E-state index in [1.54, 1.807) is 13.3 Å². The number of rotatable bonds is 5. The van der Waals surface area contributed by atoms with Gasteiger partial charge in [0.2, 0.25) is 5.95 Å². The van der Waals surface area contributed by atoms with Gasteiger partial charge >= 0.3 is 0 Å². The molecule has 3 rings (SSSR count). The summed E-state index contributed by atoms with van der Waals surface area (Å²) >= 11 is 0. The van der Waals surface area contributed by atoms with E-state index in [1.807, 2.05) is 25.1 Å². The van der Waals surface area contributed by atoms with Crippen molar-refractivity contribution < 1.29 is 4.74 Å². The van der Waals surface area contributed by atoms with Crippen molar-refractivity contribution in [2.24, 2.45) is 0 Å². The predicted molar refractivity (Wildman–Crippen MR) is 87.1 cm³/mol. The molecule has 2 aromatic rings. The molecule has 5 heteroatoms. The Kier molecular flexibility index (Phi) is 4.53. The molecule has 1 fully saturated rings. The van der Waals surface area contributed by atoms with E-state index in [4.69, 9.17) is 4.74 Å². The van der Waals surface area contributed by atoms with Crippen LogP contribution in [0.3, 0.4) is 0 Å². The third-order valence-corrected chi connectivity index (χ3v) is 3.99. The zero-order valence-electron chi connectivity index (χ0n) is 13.1. The largest absolute Gasteiger partial charge is 0.496 e. The number of nitrogens with zero attached hydrogens (tertiary/aromatic N) is 3. The second kappa shape index (κ2) is 6.75. The quantitative estimate of drug-likeness (QED) is 0.919. The Morgan fingerprint density at radius 3 is 3.00 bits per heavy atom. The van der Waals surface area contributed by atoms with Crippen molar-refractivity contribution in [2.75, 3.05) is 25.5 Å². The highest BCUT2D eigenvalue weighted by Gasteiger charge is 2.23. The number of hydrogen-bond donors (Lipinski definition) is 1. The fraction of sp³-hybridized carbons (Fsp3) is 0.412. The minimum Gasteiger partial charge on any atom is -0.496 e. The molecule has 5 nitrogen and oxygen atoms in total. The molecule has 1 aliphatic rings. The molecule has 0 amide bonds. The first-order chi connectivity index (χ1) is 10.7. The predicted octanol–water partition coefficient (Wildman–Crippen LogP) is 2.48. The van der Waals surface area contributed by atoms with E-state index < -0.39 is 0 Å². The highest BCUT2D eigenvalue weighted by Crippen LogP contribution is 2.22. The molecular weight excluding hydrogens is 276 g/mol. The third kappa shape index (κ3) is 3.54. The summed E-state index contributed by atoms with van der Waals surface area (Å²) in [6, 6.07) is 10.5. The summed E-state index contributed by atoms with van der Waals surface area (Å²) in [4.78, 5) is 11.1.